The molecule has 2 aromatic carbocycles. The van der Waals surface area contributed by atoms with Gasteiger partial charge in [-0.05, 0) is 57.2 Å². The van der Waals surface area contributed by atoms with Crippen LogP contribution in [0.25, 0.3) is 0 Å². The lowest BCUT2D eigenvalue weighted by Gasteiger charge is -2.09. The van der Waals surface area contributed by atoms with Crippen molar-refractivity contribution in [1.29, 1.82) is 0 Å². The molecule has 0 atom stereocenters. The second kappa shape index (κ2) is 6.20. The number of rotatable bonds is 4. The van der Waals surface area contributed by atoms with Crippen LogP contribution in [-0.2, 0) is 6.54 Å². The number of hydrogen-bond donors (Lipinski definition) is 1. The second-order valence-electron chi connectivity index (χ2n) is 4.88. The molecule has 2 aromatic rings. The molecular formula is C16H17BrFN. The maximum Gasteiger partial charge on any atom is 0.137 e. The SMILES string of the molecule is CC(C)c1ccc(NCc2ccc(Br)c(F)c2)cc1. The van der Waals surface area contributed by atoms with Crippen LogP contribution in [0.4, 0.5) is 10.1 Å². The highest BCUT2D eigenvalue weighted by Crippen LogP contribution is 2.19. The van der Waals surface area contributed by atoms with E-state index in [-0.39, 0.29) is 5.82 Å². The van der Waals surface area contributed by atoms with Crippen LogP contribution < -0.4 is 5.32 Å². The molecule has 0 unspecified atom stereocenters. The Hall–Kier alpha value is -1.35. The van der Waals surface area contributed by atoms with Crippen molar-refractivity contribution in [3.8, 4) is 0 Å². The van der Waals surface area contributed by atoms with Gasteiger partial charge in [-0.1, -0.05) is 32.0 Å². The van der Waals surface area contributed by atoms with Gasteiger partial charge in [-0.2, -0.15) is 0 Å². The van der Waals surface area contributed by atoms with Crippen molar-refractivity contribution < 1.29 is 4.39 Å². The molecule has 100 valence electrons. The van der Waals surface area contributed by atoms with Crippen LogP contribution in [-0.4, -0.2) is 0 Å². The lowest BCUT2D eigenvalue weighted by molar-refractivity contribution is 0.619. The van der Waals surface area contributed by atoms with Gasteiger partial charge < -0.3 is 5.32 Å². The molecule has 0 aliphatic heterocycles. The van der Waals surface area contributed by atoms with E-state index in [0.717, 1.165) is 11.3 Å². The van der Waals surface area contributed by atoms with Crippen molar-refractivity contribution in [2.24, 2.45) is 0 Å². The molecule has 19 heavy (non-hydrogen) atoms. The minimum absolute atomic E-state index is 0.227. The standard InChI is InChI=1S/C16H17BrFN/c1-11(2)13-4-6-14(7-5-13)19-10-12-3-8-15(17)16(18)9-12/h3-9,11,19H,10H2,1-2H3. The maximum absolute atomic E-state index is 13.4. The molecule has 0 saturated carbocycles. The number of anilines is 1. The average Bonchev–Trinajstić information content (AvgIpc) is 2.40. The Kier molecular flexibility index (Phi) is 4.59. The number of nitrogens with one attached hydrogen (secondary N) is 1. The van der Waals surface area contributed by atoms with Crippen molar-refractivity contribution in [1.82, 2.24) is 0 Å². The smallest absolute Gasteiger partial charge is 0.137 e. The molecule has 0 bridgehead atoms. The molecule has 0 radical (unpaired) electrons. The maximum atomic E-state index is 13.4. The molecule has 0 aromatic heterocycles. The quantitative estimate of drug-likeness (QED) is 0.803. The van der Waals surface area contributed by atoms with E-state index in [4.69, 9.17) is 0 Å². The molecule has 2 rings (SSSR count). The fourth-order valence-electron chi connectivity index (χ4n) is 1.84. The first-order valence-corrected chi connectivity index (χ1v) is 7.13. The predicted octanol–water partition coefficient (Wildman–Crippen LogP) is 5.32. The van der Waals surface area contributed by atoms with Crippen LogP contribution in [0.5, 0.6) is 0 Å². The van der Waals surface area contributed by atoms with Crippen molar-refractivity contribution in [2.45, 2.75) is 26.3 Å². The van der Waals surface area contributed by atoms with E-state index in [1.54, 1.807) is 12.1 Å². The molecule has 0 fully saturated rings. The van der Waals surface area contributed by atoms with Gasteiger partial charge in [0.1, 0.15) is 5.82 Å². The lowest BCUT2D eigenvalue weighted by atomic mass is 10.0. The van der Waals surface area contributed by atoms with E-state index in [1.165, 1.54) is 5.56 Å². The summed E-state index contributed by atoms with van der Waals surface area (Å²) in [6, 6.07) is 13.5. The monoisotopic (exact) mass is 321 g/mol. The highest BCUT2D eigenvalue weighted by molar-refractivity contribution is 9.10. The van der Waals surface area contributed by atoms with Crippen LogP contribution in [0, 0.1) is 5.82 Å². The van der Waals surface area contributed by atoms with E-state index < -0.39 is 0 Å². The minimum Gasteiger partial charge on any atom is -0.381 e. The third-order valence-electron chi connectivity index (χ3n) is 3.06. The van der Waals surface area contributed by atoms with Gasteiger partial charge in [0.2, 0.25) is 0 Å². The average molecular weight is 322 g/mol. The molecule has 1 nitrogen and oxygen atoms in total. The summed E-state index contributed by atoms with van der Waals surface area (Å²) in [5.74, 6) is 0.309. The van der Waals surface area contributed by atoms with E-state index >= 15 is 0 Å². The molecule has 0 aliphatic carbocycles. The Balaban J connectivity index is 2.00. The van der Waals surface area contributed by atoms with Crippen molar-refractivity contribution in [3.05, 3.63) is 63.9 Å². The number of hydrogen-bond acceptors (Lipinski definition) is 1. The summed E-state index contributed by atoms with van der Waals surface area (Å²) in [5, 5.41) is 3.29. The van der Waals surface area contributed by atoms with Crippen LogP contribution in [0.3, 0.4) is 0 Å². The van der Waals surface area contributed by atoms with Crippen LogP contribution in [0.1, 0.15) is 30.9 Å². The van der Waals surface area contributed by atoms with Crippen molar-refractivity contribution in [3.63, 3.8) is 0 Å². The first kappa shape index (κ1) is 14.1. The molecule has 1 N–H and O–H groups in total. The highest BCUT2D eigenvalue weighted by atomic mass is 79.9. The summed E-state index contributed by atoms with van der Waals surface area (Å²) in [6.45, 7) is 4.96. The zero-order valence-corrected chi connectivity index (χ0v) is 12.7. The largest absolute Gasteiger partial charge is 0.381 e. The van der Waals surface area contributed by atoms with E-state index in [1.807, 2.05) is 6.07 Å². The minimum atomic E-state index is -0.227. The Morgan fingerprint density at radius 2 is 1.79 bits per heavy atom. The Labute approximate surface area is 122 Å². The Morgan fingerprint density at radius 3 is 2.37 bits per heavy atom. The van der Waals surface area contributed by atoms with Crippen molar-refractivity contribution in [2.75, 3.05) is 5.32 Å². The van der Waals surface area contributed by atoms with Crippen LogP contribution in [0.2, 0.25) is 0 Å². The first-order chi connectivity index (χ1) is 9.06. The molecule has 0 saturated heterocycles. The van der Waals surface area contributed by atoms with Crippen LogP contribution in [0.15, 0.2) is 46.9 Å². The molecule has 0 heterocycles. The van der Waals surface area contributed by atoms with Gasteiger partial charge in [0, 0.05) is 12.2 Å². The van der Waals surface area contributed by atoms with Gasteiger partial charge in [0.15, 0.2) is 0 Å². The summed E-state index contributed by atoms with van der Waals surface area (Å²) >= 11 is 3.15. The zero-order chi connectivity index (χ0) is 13.8. The molecule has 0 spiro atoms. The third kappa shape index (κ3) is 3.80. The van der Waals surface area contributed by atoms with Crippen LogP contribution >= 0.6 is 15.9 Å². The van der Waals surface area contributed by atoms with E-state index in [2.05, 4.69) is 59.4 Å². The summed E-state index contributed by atoms with van der Waals surface area (Å²) in [4.78, 5) is 0. The molecule has 3 heteroatoms. The summed E-state index contributed by atoms with van der Waals surface area (Å²) in [7, 11) is 0. The summed E-state index contributed by atoms with van der Waals surface area (Å²) in [5.41, 5.74) is 3.29. The number of halogens is 2. The zero-order valence-electron chi connectivity index (χ0n) is 11.1. The molecule has 0 amide bonds. The highest BCUT2D eigenvalue weighted by Gasteiger charge is 2.01. The fraction of sp³-hybridized carbons (Fsp3) is 0.250. The fourth-order valence-corrected chi connectivity index (χ4v) is 2.09. The predicted molar refractivity (Wildman–Crippen MR) is 82.0 cm³/mol. The lowest BCUT2D eigenvalue weighted by Crippen LogP contribution is -2.00. The molecule has 0 aliphatic rings. The summed E-state index contributed by atoms with van der Waals surface area (Å²) < 4.78 is 13.9. The number of benzene rings is 2. The van der Waals surface area contributed by atoms with Gasteiger partial charge >= 0.3 is 0 Å². The van der Waals surface area contributed by atoms with Gasteiger partial charge in [-0.15, -0.1) is 0 Å². The van der Waals surface area contributed by atoms with Gasteiger partial charge in [0.05, 0.1) is 4.47 Å². The summed E-state index contributed by atoms with van der Waals surface area (Å²) in [6.07, 6.45) is 0. The third-order valence-corrected chi connectivity index (χ3v) is 3.70. The van der Waals surface area contributed by atoms with E-state index in [9.17, 15) is 4.39 Å². The van der Waals surface area contributed by atoms with Gasteiger partial charge in [-0.3, -0.25) is 0 Å². The topological polar surface area (TPSA) is 12.0 Å². The van der Waals surface area contributed by atoms with Gasteiger partial charge in [-0.25, -0.2) is 4.39 Å². The molecular weight excluding hydrogens is 305 g/mol. The normalized spacial score (nSPS) is 10.8. The van der Waals surface area contributed by atoms with E-state index in [0.29, 0.717) is 16.9 Å². The second-order valence-corrected chi connectivity index (χ2v) is 5.73. The first-order valence-electron chi connectivity index (χ1n) is 6.34. The Morgan fingerprint density at radius 1 is 1.11 bits per heavy atom. The van der Waals surface area contributed by atoms with Gasteiger partial charge in [0.25, 0.3) is 0 Å². The van der Waals surface area contributed by atoms with Crippen molar-refractivity contribution >= 4 is 21.6 Å². The Bertz CT molecular complexity index is 549.